The first kappa shape index (κ1) is 20.5. The van der Waals surface area contributed by atoms with Crippen molar-refractivity contribution in [3.05, 3.63) is 96.8 Å². The molecule has 1 N–H and O–H groups in total. The lowest BCUT2D eigenvalue weighted by molar-refractivity contribution is -0.117. The van der Waals surface area contributed by atoms with Gasteiger partial charge < -0.3 is 5.32 Å². The number of nitrogens with zero attached hydrogens (tertiary/aromatic N) is 5. The Morgan fingerprint density at radius 1 is 0.909 bits per heavy atom. The highest BCUT2D eigenvalue weighted by molar-refractivity contribution is 5.96. The number of carbonyl (C=O) groups excluding carboxylic acids is 1. The summed E-state index contributed by atoms with van der Waals surface area (Å²) in [6.45, 7) is 2.02. The monoisotopic (exact) mass is 434 g/mol. The van der Waals surface area contributed by atoms with E-state index in [4.69, 9.17) is 5.10 Å². The molecule has 7 nitrogen and oxygen atoms in total. The molecule has 3 heterocycles. The van der Waals surface area contributed by atoms with Crippen LogP contribution in [0.2, 0.25) is 0 Å². The zero-order valence-electron chi connectivity index (χ0n) is 18.1. The van der Waals surface area contributed by atoms with Crippen LogP contribution in [-0.4, -0.2) is 30.7 Å². The molecular weight excluding hydrogens is 412 g/mol. The molecule has 3 aromatic heterocycles. The number of benzene rings is 2. The smallest absolute Gasteiger partial charge is 0.231 e. The normalized spacial score (nSPS) is 11.9. The number of hydrogen-bond donors (Lipinski definition) is 1. The number of rotatable bonds is 6. The lowest BCUT2D eigenvalue weighted by atomic mass is 9.95. The molecule has 0 radical (unpaired) electrons. The van der Waals surface area contributed by atoms with Crippen LogP contribution >= 0.6 is 0 Å². The zero-order chi connectivity index (χ0) is 22.6. The van der Waals surface area contributed by atoms with Gasteiger partial charge >= 0.3 is 0 Å². The Morgan fingerprint density at radius 2 is 1.73 bits per heavy atom. The van der Waals surface area contributed by atoms with E-state index in [0.29, 0.717) is 11.5 Å². The molecule has 1 unspecified atom stereocenters. The maximum atomic E-state index is 12.8. The van der Waals surface area contributed by atoms with Gasteiger partial charge in [0, 0.05) is 29.2 Å². The van der Waals surface area contributed by atoms with E-state index in [9.17, 15) is 4.79 Å². The Kier molecular flexibility index (Phi) is 5.59. The van der Waals surface area contributed by atoms with E-state index in [-0.39, 0.29) is 11.8 Å². The van der Waals surface area contributed by atoms with E-state index in [1.165, 1.54) is 0 Å². The summed E-state index contributed by atoms with van der Waals surface area (Å²) in [6.07, 6.45) is 4.19. The third-order valence-electron chi connectivity index (χ3n) is 5.56. The minimum absolute atomic E-state index is 0.0124. The molecule has 2 aromatic carbocycles. The summed E-state index contributed by atoms with van der Waals surface area (Å²) in [6, 6.07) is 25.1. The van der Waals surface area contributed by atoms with Crippen molar-refractivity contribution in [3.8, 4) is 22.6 Å². The van der Waals surface area contributed by atoms with Gasteiger partial charge in [-0.05, 0) is 48.4 Å². The molecule has 0 fully saturated rings. The number of amides is 1. The molecule has 5 aromatic rings. The number of hydrogen-bond acceptors (Lipinski definition) is 5. The lowest BCUT2D eigenvalue weighted by Gasteiger charge is -2.15. The summed E-state index contributed by atoms with van der Waals surface area (Å²) >= 11 is 0. The molecule has 0 aliphatic heterocycles. The highest BCUT2D eigenvalue weighted by Gasteiger charge is 2.18. The summed E-state index contributed by atoms with van der Waals surface area (Å²) in [5, 5.41) is 16.2. The number of nitrogens with one attached hydrogen (secondary N) is 1. The van der Waals surface area contributed by atoms with Gasteiger partial charge in [-0.15, -0.1) is 10.2 Å². The predicted octanol–water partition coefficient (Wildman–Crippen LogP) is 4.99. The molecule has 33 heavy (non-hydrogen) atoms. The van der Waals surface area contributed by atoms with Crippen molar-refractivity contribution in [1.82, 2.24) is 24.8 Å². The van der Waals surface area contributed by atoms with Crippen LogP contribution in [-0.2, 0) is 4.79 Å². The summed E-state index contributed by atoms with van der Waals surface area (Å²) in [5.74, 6) is 0.437. The SMILES string of the molecule is CCC(C(=O)Nc1ccc(-c2ccc3nnc(-c4cccnc4)n3n2)cc1)c1ccccc1. The maximum absolute atomic E-state index is 12.8. The number of anilines is 1. The molecule has 5 rings (SSSR count). The Labute approximate surface area is 191 Å². The van der Waals surface area contributed by atoms with Crippen LogP contribution < -0.4 is 5.32 Å². The van der Waals surface area contributed by atoms with Crippen LogP contribution in [0.3, 0.4) is 0 Å². The fourth-order valence-corrected chi connectivity index (χ4v) is 3.83. The van der Waals surface area contributed by atoms with E-state index >= 15 is 0 Å². The third-order valence-corrected chi connectivity index (χ3v) is 5.56. The number of fused-ring (bicyclic) bond motifs is 1. The standard InChI is InChI=1S/C26H22N6O/c1-2-22(18-7-4-3-5-8-18)26(33)28-21-12-10-19(11-13-21)23-14-15-24-29-30-25(32(24)31-23)20-9-6-16-27-17-20/h3-17,22H,2H2,1H3,(H,28,33). The number of carbonyl (C=O) groups is 1. The second kappa shape index (κ2) is 9.00. The van der Waals surface area contributed by atoms with E-state index in [1.807, 2.05) is 85.8 Å². The topological polar surface area (TPSA) is 85.1 Å². The first-order valence-electron chi connectivity index (χ1n) is 10.8. The van der Waals surface area contributed by atoms with Crippen LogP contribution in [0.5, 0.6) is 0 Å². The summed E-state index contributed by atoms with van der Waals surface area (Å²) < 4.78 is 1.72. The first-order valence-corrected chi connectivity index (χ1v) is 10.8. The highest BCUT2D eigenvalue weighted by Crippen LogP contribution is 2.24. The molecular formula is C26H22N6O. The Bertz CT molecular complexity index is 1380. The van der Waals surface area contributed by atoms with Gasteiger partial charge in [0.05, 0.1) is 11.6 Å². The third kappa shape index (κ3) is 4.21. The predicted molar refractivity (Wildman–Crippen MR) is 128 cm³/mol. The van der Waals surface area contributed by atoms with Crippen LogP contribution in [0, 0.1) is 0 Å². The van der Waals surface area contributed by atoms with Crippen LogP contribution in [0.4, 0.5) is 5.69 Å². The van der Waals surface area contributed by atoms with Crippen molar-refractivity contribution < 1.29 is 4.79 Å². The lowest BCUT2D eigenvalue weighted by Crippen LogP contribution is -2.20. The van der Waals surface area contributed by atoms with E-state index in [1.54, 1.807) is 16.9 Å². The Morgan fingerprint density at radius 3 is 2.45 bits per heavy atom. The van der Waals surface area contributed by atoms with Gasteiger partial charge in [-0.1, -0.05) is 49.4 Å². The summed E-state index contributed by atoms with van der Waals surface area (Å²) in [5.41, 5.74) is 4.98. The summed E-state index contributed by atoms with van der Waals surface area (Å²) in [4.78, 5) is 17.0. The minimum Gasteiger partial charge on any atom is -0.326 e. The molecule has 7 heteroatoms. The molecule has 162 valence electrons. The van der Waals surface area contributed by atoms with Crippen molar-refractivity contribution in [2.75, 3.05) is 5.32 Å². The van der Waals surface area contributed by atoms with E-state index in [2.05, 4.69) is 20.5 Å². The van der Waals surface area contributed by atoms with Crippen molar-refractivity contribution in [3.63, 3.8) is 0 Å². The quantitative estimate of drug-likeness (QED) is 0.407. The molecule has 0 bridgehead atoms. The maximum Gasteiger partial charge on any atom is 0.231 e. The van der Waals surface area contributed by atoms with Gasteiger partial charge in [0.25, 0.3) is 0 Å². The first-order chi connectivity index (χ1) is 16.2. The van der Waals surface area contributed by atoms with Gasteiger partial charge in [0.15, 0.2) is 11.5 Å². The molecule has 1 atom stereocenters. The molecule has 0 aliphatic rings. The number of pyridine rings is 1. The van der Waals surface area contributed by atoms with Crippen molar-refractivity contribution in [2.45, 2.75) is 19.3 Å². The zero-order valence-corrected chi connectivity index (χ0v) is 18.1. The van der Waals surface area contributed by atoms with E-state index in [0.717, 1.165) is 34.5 Å². The molecule has 0 aliphatic carbocycles. The van der Waals surface area contributed by atoms with Crippen LogP contribution in [0.25, 0.3) is 28.3 Å². The minimum atomic E-state index is -0.186. The van der Waals surface area contributed by atoms with Gasteiger partial charge in [-0.25, -0.2) is 0 Å². The summed E-state index contributed by atoms with van der Waals surface area (Å²) in [7, 11) is 0. The second-order valence-electron chi connectivity index (χ2n) is 7.69. The van der Waals surface area contributed by atoms with Gasteiger partial charge in [-0.2, -0.15) is 9.61 Å². The van der Waals surface area contributed by atoms with Crippen molar-refractivity contribution in [1.29, 1.82) is 0 Å². The fraction of sp³-hybridized carbons (Fsp3) is 0.115. The average molecular weight is 435 g/mol. The molecule has 0 saturated carbocycles. The Balaban J connectivity index is 1.38. The van der Waals surface area contributed by atoms with Crippen molar-refractivity contribution in [2.24, 2.45) is 0 Å². The average Bonchev–Trinajstić information content (AvgIpc) is 3.29. The number of aromatic nitrogens is 5. The fourth-order valence-electron chi connectivity index (χ4n) is 3.83. The molecule has 1 amide bonds. The largest absolute Gasteiger partial charge is 0.326 e. The highest BCUT2D eigenvalue weighted by atomic mass is 16.1. The van der Waals surface area contributed by atoms with Crippen molar-refractivity contribution >= 4 is 17.2 Å². The van der Waals surface area contributed by atoms with Crippen LogP contribution in [0.15, 0.2) is 91.3 Å². The van der Waals surface area contributed by atoms with Gasteiger partial charge in [0.1, 0.15) is 0 Å². The van der Waals surface area contributed by atoms with Gasteiger partial charge in [0.2, 0.25) is 5.91 Å². The second-order valence-corrected chi connectivity index (χ2v) is 7.69. The molecule has 0 saturated heterocycles. The molecule has 0 spiro atoms. The van der Waals surface area contributed by atoms with Gasteiger partial charge in [-0.3, -0.25) is 9.78 Å². The van der Waals surface area contributed by atoms with E-state index < -0.39 is 0 Å². The Hall–Kier alpha value is -4.39. The van der Waals surface area contributed by atoms with Crippen LogP contribution in [0.1, 0.15) is 24.8 Å².